The highest BCUT2D eigenvalue weighted by molar-refractivity contribution is 5.56. The molecular weight excluding hydrogens is 200 g/mol. The summed E-state index contributed by atoms with van der Waals surface area (Å²) in [5.74, 6) is -1.04. The maximum absolute atomic E-state index is 12.9. The Labute approximate surface area is 77.3 Å². The van der Waals surface area contributed by atoms with Crippen LogP contribution in [0.15, 0.2) is 18.2 Å². The maximum Gasteiger partial charge on any atom is 0.416 e. The second-order valence-electron chi connectivity index (χ2n) is 2.63. The van der Waals surface area contributed by atoms with Crippen molar-refractivity contribution in [3.63, 3.8) is 0 Å². The van der Waals surface area contributed by atoms with Crippen LogP contribution in [0.4, 0.5) is 17.6 Å². The lowest BCUT2D eigenvalue weighted by Crippen LogP contribution is -2.06. The van der Waals surface area contributed by atoms with Gasteiger partial charge in [0.05, 0.1) is 5.56 Å². The molecule has 0 aliphatic heterocycles. The van der Waals surface area contributed by atoms with Gasteiger partial charge in [-0.15, -0.1) is 0 Å². The van der Waals surface area contributed by atoms with Crippen molar-refractivity contribution >= 4 is 6.29 Å². The summed E-state index contributed by atoms with van der Waals surface area (Å²) in [5.41, 5.74) is -1.15. The normalized spacial score (nSPS) is 11.4. The molecule has 0 unspecified atom stereocenters. The molecule has 14 heavy (non-hydrogen) atoms. The molecule has 0 N–H and O–H groups in total. The molecule has 0 spiro atoms. The number of hydrogen-bond acceptors (Lipinski definition) is 1. The number of rotatable bonds is 2. The molecule has 0 aromatic heterocycles. The molecule has 0 aliphatic rings. The van der Waals surface area contributed by atoms with Gasteiger partial charge in [0.2, 0.25) is 6.29 Å². The fourth-order valence-corrected chi connectivity index (χ4v) is 0.945. The van der Waals surface area contributed by atoms with Crippen LogP contribution in [-0.4, -0.2) is 6.29 Å². The topological polar surface area (TPSA) is 17.1 Å². The second-order valence-corrected chi connectivity index (χ2v) is 2.63. The Balaban J connectivity index is 3.06. The lowest BCUT2D eigenvalue weighted by atomic mass is 10.1. The van der Waals surface area contributed by atoms with Crippen molar-refractivity contribution < 1.29 is 22.4 Å². The Morgan fingerprint density at radius 2 is 1.93 bits per heavy atom. The molecule has 1 aromatic rings. The Kier molecular flexibility index (Phi) is 2.88. The van der Waals surface area contributed by atoms with Crippen LogP contribution in [-0.2, 0) is 17.4 Å². The van der Waals surface area contributed by atoms with Crippen molar-refractivity contribution in [1.29, 1.82) is 0 Å². The van der Waals surface area contributed by atoms with Gasteiger partial charge < -0.3 is 0 Å². The van der Waals surface area contributed by atoms with E-state index >= 15 is 0 Å². The van der Waals surface area contributed by atoms with Gasteiger partial charge in [-0.1, -0.05) is 6.07 Å². The van der Waals surface area contributed by atoms with Gasteiger partial charge in [0, 0.05) is 6.42 Å². The minimum atomic E-state index is -4.57. The van der Waals surface area contributed by atoms with Crippen LogP contribution in [0.2, 0.25) is 0 Å². The van der Waals surface area contributed by atoms with E-state index in [9.17, 15) is 22.4 Å². The van der Waals surface area contributed by atoms with E-state index in [4.69, 9.17) is 0 Å². The molecular formula is C9H5F4O. The summed E-state index contributed by atoms with van der Waals surface area (Å²) in [6, 6.07) is 2.03. The highest BCUT2D eigenvalue weighted by atomic mass is 19.4. The van der Waals surface area contributed by atoms with E-state index in [0.29, 0.717) is 6.07 Å². The molecule has 0 fully saturated rings. The molecule has 0 bridgehead atoms. The van der Waals surface area contributed by atoms with E-state index in [2.05, 4.69) is 0 Å². The first-order chi connectivity index (χ1) is 6.45. The molecule has 0 atom stereocenters. The first-order valence-corrected chi connectivity index (χ1v) is 3.66. The van der Waals surface area contributed by atoms with E-state index < -0.39 is 17.6 Å². The van der Waals surface area contributed by atoms with Crippen LogP contribution in [0.5, 0.6) is 0 Å². The van der Waals surface area contributed by atoms with Crippen LogP contribution >= 0.6 is 0 Å². The summed E-state index contributed by atoms with van der Waals surface area (Å²) in [7, 11) is 0. The second kappa shape index (κ2) is 3.77. The molecule has 0 aliphatic carbocycles. The third-order valence-electron chi connectivity index (χ3n) is 1.64. The number of benzene rings is 1. The first-order valence-electron chi connectivity index (χ1n) is 3.66. The molecule has 0 amide bonds. The van der Waals surface area contributed by atoms with Crippen LogP contribution in [0.1, 0.15) is 11.1 Å². The van der Waals surface area contributed by atoms with Crippen molar-refractivity contribution in [2.45, 2.75) is 12.6 Å². The van der Waals surface area contributed by atoms with Crippen molar-refractivity contribution in [3.05, 3.63) is 35.1 Å². The zero-order valence-corrected chi connectivity index (χ0v) is 6.86. The van der Waals surface area contributed by atoms with Crippen LogP contribution in [0.3, 0.4) is 0 Å². The minimum Gasteiger partial charge on any atom is -0.291 e. The van der Waals surface area contributed by atoms with Crippen molar-refractivity contribution in [3.8, 4) is 0 Å². The zero-order valence-electron chi connectivity index (χ0n) is 6.86. The van der Waals surface area contributed by atoms with Gasteiger partial charge in [-0.2, -0.15) is 13.2 Å². The molecule has 1 aromatic carbocycles. The zero-order chi connectivity index (χ0) is 10.8. The lowest BCUT2D eigenvalue weighted by molar-refractivity contribution is -0.137. The van der Waals surface area contributed by atoms with Crippen LogP contribution in [0.25, 0.3) is 0 Å². The number of hydrogen-bond donors (Lipinski definition) is 0. The average molecular weight is 205 g/mol. The first kappa shape index (κ1) is 10.7. The lowest BCUT2D eigenvalue weighted by Gasteiger charge is -2.07. The fourth-order valence-electron chi connectivity index (χ4n) is 0.945. The van der Waals surface area contributed by atoms with E-state index in [-0.39, 0.29) is 12.0 Å². The Morgan fingerprint density at radius 1 is 1.29 bits per heavy atom. The van der Waals surface area contributed by atoms with E-state index in [0.717, 1.165) is 12.1 Å². The quantitative estimate of drug-likeness (QED) is 0.678. The fraction of sp³-hybridized carbons (Fsp3) is 0.222. The molecule has 75 valence electrons. The summed E-state index contributed by atoms with van der Waals surface area (Å²) in [5, 5.41) is 0. The highest BCUT2D eigenvalue weighted by Gasteiger charge is 2.31. The monoisotopic (exact) mass is 205 g/mol. The predicted octanol–water partition coefficient (Wildman–Crippen LogP) is 2.50. The van der Waals surface area contributed by atoms with Crippen LogP contribution in [0, 0.1) is 5.82 Å². The minimum absolute atomic E-state index is 0.0898. The Bertz CT molecular complexity index is 343. The number of carbonyl (C=O) groups excluding carboxylic acids is 1. The largest absolute Gasteiger partial charge is 0.416 e. The third kappa shape index (κ3) is 2.31. The third-order valence-corrected chi connectivity index (χ3v) is 1.64. The molecule has 0 saturated carbocycles. The van der Waals surface area contributed by atoms with Gasteiger partial charge in [-0.3, -0.25) is 4.79 Å². The molecule has 1 rings (SSSR count). The molecule has 1 nitrogen and oxygen atoms in total. The van der Waals surface area contributed by atoms with Gasteiger partial charge in [0.1, 0.15) is 5.82 Å². The SMILES string of the molecule is O=[C]Cc1ccc(C(F)(F)F)cc1F. The summed E-state index contributed by atoms with van der Waals surface area (Å²) >= 11 is 0. The summed E-state index contributed by atoms with van der Waals surface area (Å²) in [6.45, 7) is 0. The number of halogens is 4. The van der Waals surface area contributed by atoms with E-state index in [1.165, 1.54) is 6.29 Å². The van der Waals surface area contributed by atoms with Gasteiger partial charge in [-0.05, 0) is 17.7 Å². The number of alkyl halides is 3. The highest BCUT2D eigenvalue weighted by Crippen LogP contribution is 2.30. The van der Waals surface area contributed by atoms with Gasteiger partial charge in [-0.25, -0.2) is 4.39 Å². The van der Waals surface area contributed by atoms with Crippen molar-refractivity contribution in [2.75, 3.05) is 0 Å². The van der Waals surface area contributed by atoms with Crippen LogP contribution < -0.4 is 0 Å². The van der Waals surface area contributed by atoms with E-state index in [1.807, 2.05) is 0 Å². The summed E-state index contributed by atoms with van der Waals surface area (Å²) < 4.78 is 49.0. The van der Waals surface area contributed by atoms with E-state index in [1.54, 1.807) is 0 Å². The molecule has 5 heteroatoms. The Morgan fingerprint density at radius 3 is 2.36 bits per heavy atom. The predicted molar refractivity (Wildman–Crippen MR) is 40.8 cm³/mol. The maximum atomic E-state index is 12.9. The van der Waals surface area contributed by atoms with Gasteiger partial charge in [0.15, 0.2) is 0 Å². The summed E-state index contributed by atoms with van der Waals surface area (Å²) in [6.07, 6.45) is -3.50. The van der Waals surface area contributed by atoms with Gasteiger partial charge >= 0.3 is 6.18 Å². The smallest absolute Gasteiger partial charge is 0.291 e. The van der Waals surface area contributed by atoms with Crippen molar-refractivity contribution in [1.82, 2.24) is 0 Å². The van der Waals surface area contributed by atoms with Crippen molar-refractivity contribution in [2.24, 2.45) is 0 Å². The molecule has 0 saturated heterocycles. The average Bonchev–Trinajstić information content (AvgIpc) is 2.07. The molecule has 1 radical (unpaired) electrons. The molecule has 0 heterocycles. The standard InChI is InChI=1S/C9H5F4O/c10-8-5-7(9(11,12)13)2-1-6(8)3-4-14/h1-2,5H,3H2. The van der Waals surface area contributed by atoms with Gasteiger partial charge in [0.25, 0.3) is 0 Å². The Hall–Kier alpha value is -1.39. The summed E-state index contributed by atoms with van der Waals surface area (Å²) in [4.78, 5) is 9.89.